The van der Waals surface area contributed by atoms with Gasteiger partial charge in [0.2, 0.25) is 0 Å². The lowest BCUT2D eigenvalue weighted by molar-refractivity contribution is 1.23. The number of fused-ring (bicyclic) bond motifs is 1. The van der Waals surface area contributed by atoms with Crippen molar-refractivity contribution < 1.29 is 0 Å². The average molecular weight is 214 g/mol. The van der Waals surface area contributed by atoms with Crippen molar-refractivity contribution in [2.24, 2.45) is 0 Å². The highest BCUT2D eigenvalue weighted by Gasteiger charge is 2.03. The highest BCUT2D eigenvalue weighted by molar-refractivity contribution is 7.20. The Hall–Kier alpha value is -1.61. The predicted molar refractivity (Wildman–Crippen MR) is 63.2 cm³/mol. The predicted octanol–water partition coefficient (Wildman–Crippen LogP) is 3.37. The Morgan fingerprint density at radius 2 is 2.00 bits per heavy atom. The maximum absolute atomic E-state index is 4.26. The maximum Gasteiger partial charge on any atom is 0.194 e. The van der Waals surface area contributed by atoms with E-state index in [0.29, 0.717) is 0 Å². The van der Waals surface area contributed by atoms with Gasteiger partial charge in [0.15, 0.2) is 4.96 Å². The van der Waals surface area contributed by atoms with Gasteiger partial charge in [-0.25, -0.2) is 4.98 Å². The molecule has 3 rings (SSSR count). The van der Waals surface area contributed by atoms with Crippen molar-refractivity contribution >= 4 is 16.3 Å². The minimum atomic E-state index is 1.05. The van der Waals surface area contributed by atoms with Gasteiger partial charge in [0.05, 0.1) is 4.88 Å². The van der Waals surface area contributed by atoms with Gasteiger partial charge in [-0.15, -0.1) is 0 Å². The summed E-state index contributed by atoms with van der Waals surface area (Å²) in [6.45, 7) is 2.10. The van der Waals surface area contributed by atoms with Gasteiger partial charge in [-0.05, 0) is 12.5 Å². The number of hydrogen-bond donors (Lipinski definition) is 0. The average Bonchev–Trinajstić information content (AvgIpc) is 2.78. The molecule has 3 heteroatoms. The lowest BCUT2D eigenvalue weighted by Gasteiger charge is -1.96. The Labute approximate surface area is 91.8 Å². The van der Waals surface area contributed by atoms with Crippen molar-refractivity contribution in [3.8, 4) is 10.4 Å². The molecule has 0 aliphatic rings. The van der Waals surface area contributed by atoms with E-state index >= 15 is 0 Å². The topological polar surface area (TPSA) is 17.3 Å². The van der Waals surface area contributed by atoms with Crippen molar-refractivity contribution in [3.63, 3.8) is 0 Å². The molecule has 0 fully saturated rings. The molecule has 2 heterocycles. The molecule has 0 saturated heterocycles. The fraction of sp³-hybridized carbons (Fsp3) is 0.0833. The highest BCUT2D eigenvalue weighted by atomic mass is 32.1. The van der Waals surface area contributed by atoms with Gasteiger partial charge in [-0.2, -0.15) is 0 Å². The van der Waals surface area contributed by atoms with Crippen LogP contribution < -0.4 is 0 Å². The normalized spacial score (nSPS) is 11.0. The zero-order valence-electron chi connectivity index (χ0n) is 8.34. The third-order valence-electron chi connectivity index (χ3n) is 2.43. The smallest absolute Gasteiger partial charge is 0.194 e. The van der Waals surface area contributed by atoms with Gasteiger partial charge in [-0.1, -0.05) is 41.2 Å². The molecule has 0 aliphatic carbocycles. The number of hydrogen-bond acceptors (Lipinski definition) is 2. The van der Waals surface area contributed by atoms with Gasteiger partial charge in [0, 0.05) is 18.6 Å². The zero-order chi connectivity index (χ0) is 10.3. The first-order valence-corrected chi connectivity index (χ1v) is 5.64. The molecule has 0 bridgehead atoms. The Morgan fingerprint density at radius 1 is 1.20 bits per heavy atom. The first kappa shape index (κ1) is 8.68. The SMILES string of the molecule is Cc1ccc(-c2cn3ccnc3s2)cc1. The summed E-state index contributed by atoms with van der Waals surface area (Å²) < 4.78 is 2.06. The minimum Gasteiger partial charge on any atom is -0.297 e. The van der Waals surface area contributed by atoms with Crippen LogP contribution >= 0.6 is 11.3 Å². The number of aryl methyl sites for hydroxylation is 1. The van der Waals surface area contributed by atoms with Crippen LogP contribution in [0.2, 0.25) is 0 Å². The molecule has 0 N–H and O–H groups in total. The van der Waals surface area contributed by atoms with Crippen LogP contribution in [0.3, 0.4) is 0 Å². The van der Waals surface area contributed by atoms with Crippen molar-refractivity contribution in [3.05, 3.63) is 48.4 Å². The van der Waals surface area contributed by atoms with Crippen LogP contribution in [-0.4, -0.2) is 9.38 Å². The molecule has 0 unspecified atom stereocenters. The number of imidazole rings is 1. The summed E-state index contributed by atoms with van der Waals surface area (Å²) in [6, 6.07) is 8.58. The second-order valence-electron chi connectivity index (χ2n) is 3.58. The van der Waals surface area contributed by atoms with Crippen LogP contribution in [0.1, 0.15) is 5.56 Å². The lowest BCUT2D eigenvalue weighted by atomic mass is 10.1. The molecule has 1 aromatic carbocycles. The van der Waals surface area contributed by atoms with E-state index in [1.165, 1.54) is 16.0 Å². The van der Waals surface area contributed by atoms with Crippen LogP contribution in [0.25, 0.3) is 15.4 Å². The number of aromatic nitrogens is 2. The number of benzene rings is 1. The third-order valence-corrected chi connectivity index (χ3v) is 3.49. The van der Waals surface area contributed by atoms with E-state index in [1.807, 2.05) is 12.4 Å². The fourth-order valence-corrected chi connectivity index (χ4v) is 2.53. The fourth-order valence-electron chi connectivity index (χ4n) is 1.58. The summed E-state index contributed by atoms with van der Waals surface area (Å²) in [7, 11) is 0. The number of nitrogens with zero attached hydrogens (tertiary/aromatic N) is 2. The van der Waals surface area contributed by atoms with E-state index in [9.17, 15) is 0 Å². The zero-order valence-corrected chi connectivity index (χ0v) is 9.16. The van der Waals surface area contributed by atoms with E-state index in [1.54, 1.807) is 11.3 Å². The second-order valence-corrected chi connectivity index (χ2v) is 4.59. The Bertz CT molecular complexity index is 561. The molecule has 0 aliphatic heterocycles. The molecule has 0 atom stereocenters. The summed E-state index contributed by atoms with van der Waals surface area (Å²) >= 11 is 1.71. The summed E-state index contributed by atoms with van der Waals surface area (Å²) in [4.78, 5) is 6.57. The van der Waals surface area contributed by atoms with E-state index < -0.39 is 0 Å². The van der Waals surface area contributed by atoms with Crippen molar-refractivity contribution in [1.82, 2.24) is 9.38 Å². The monoisotopic (exact) mass is 214 g/mol. The molecular formula is C12H10N2S. The molecule has 0 amide bonds. The van der Waals surface area contributed by atoms with Crippen LogP contribution in [0, 0.1) is 6.92 Å². The first-order chi connectivity index (χ1) is 7.33. The Kier molecular flexibility index (Phi) is 1.86. The Morgan fingerprint density at radius 3 is 2.73 bits per heavy atom. The molecule has 74 valence electrons. The molecule has 2 aromatic heterocycles. The maximum atomic E-state index is 4.26. The summed E-state index contributed by atoms with van der Waals surface area (Å²) in [6.07, 6.45) is 5.92. The standard InChI is InChI=1S/C12H10N2S/c1-9-2-4-10(5-3-9)11-8-14-7-6-13-12(14)15-11/h2-8H,1H3. The quantitative estimate of drug-likeness (QED) is 0.607. The van der Waals surface area contributed by atoms with Crippen LogP contribution in [-0.2, 0) is 0 Å². The van der Waals surface area contributed by atoms with Crippen LogP contribution in [0.5, 0.6) is 0 Å². The van der Waals surface area contributed by atoms with E-state index in [-0.39, 0.29) is 0 Å². The molecule has 0 spiro atoms. The van der Waals surface area contributed by atoms with E-state index in [4.69, 9.17) is 0 Å². The van der Waals surface area contributed by atoms with E-state index in [2.05, 4.69) is 46.8 Å². The summed E-state index contributed by atoms with van der Waals surface area (Å²) in [5.74, 6) is 0. The van der Waals surface area contributed by atoms with Gasteiger partial charge in [0.25, 0.3) is 0 Å². The van der Waals surface area contributed by atoms with Gasteiger partial charge in [0.1, 0.15) is 0 Å². The molecule has 0 radical (unpaired) electrons. The second kappa shape index (κ2) is 3.21. The van der Waals surface area contributed by atoms with Crippen molar-refractivity contribution in [1.29, 1.82) is 0 Å². The van der Waals surface area contributed by atoms with E-state index in [0.717, 1.165) is 4.96 Å². The van der Waals surface area contributed by atoms with Gasteiger partial charge in [-0.3, -0.25) is 4.40 Å². The van der Waals surface area contributed by atoms with Crippen LogP contribution in [0.4, 0.5) is 0 Å². The molecule has 0 saturated carbocycles. The van der Waals surface area contributed by atoms with Crippen molar-refractivity contribution in [2.45, 2.75) is 6.92 Å². The highest BCUT2D eigenvalue weighted by Crippen LogP contribution is 2.27. The Balaban J connectivity index is 2.13. The number of rotatable bonds is 1. The van der Waals surface area contributed by atoms with Gasteiger partial charge >= 0.3 is 0 Å². The minimum absolute atomic E-state index is 1.05. The van der Waals surface area contributed by atoms with Crippen molar-refractivity contribution in [2.75, 3.05) is 0 Å². The largest absolute Gasteiger partial charge is 0.297 e. The lowest BCUT2D eigenvalue weighted by Crippen LogP contribution is -1.74. The molecule has 2 nitrogen and oxygen atoms in total. The number of thiazole rings is 1. The van der Waals surface area contributed by atoms with Crippen LogP contribution in [0.15, 0.2) is 42.9 Å². The molecule has 3 aromatic rings. The molecular weight excluding hydrogens is 204 g/mol. The van der Waals surface area contributed by atoms with Gasteiger partial charge < -0.3 is 0 Å². The summed E-state index contributed by atoms with van der Waals surface area (Å²) in [5, 5.41) is 0. The third kappa shape index (κ3) is 1.45. The molecule has 15 heavy (non-hydrogen) atoms. The first-order valence-electron chi connectivity index (χ1n) is 4.82. The summed E-state index contributed by atoms with van der Waals surface area (Å²) in [5.41, 5.74) is 2.55.